The molecule has 0 amide bonds. The minimum Gasteiger partial charge on any atom is -0.506 e. The average Bonchev–Trinajstić information content (AvgIpc) is 2.38. The maximum atomic E-state index is 12.5. The van der Waals surface area contributed by atoms with Gasteiger partial charge in [0.25, 0.3) is 0 Å². The molecule has 1 aromatic carbocycles. The fourth-order valence-corrected chi connectivity index (χ4v) is 3.32. The van der Waals surface area contributed by atoms with Crippen molar-refractivity contribution in [1.82, 2.24) is 4.31 Å². The average molecular weight is 286 g/mol. The van der Waals surface area contributed by atoms with Gasteiger partial charge in [-0.15, -0.1) is 0 Å². The Kier molecular flexibility index (Phi) is 5.20. The highest BCUT2D eigenvalue weighted by Gasteiger charge is 2.24. The van der Waals surface area contributed by atoms with Gasteiger partial charge in [0.2, 0.25) is 10.0 Å². The van der Waals surface area contributed by atoms with Crippen LogP contribution in [-0.4, -0.2) is 30.9 Å². The number of rotatable bonds is 6. The largest absolute Gasteiger partial charge is 0.506 e. The van der Waals surface area contributed by atoms with Crippen LogP contribution in [0.3, 0.4) is 0 Å². The van der Waals surface area contributed by atoms with Crippen LogP contribution in [-0.2, 0) is 10.0 Å². The summed E-state index contributed by atoms with van der Waals surface area (Å²) in [4.78, 5) is 0.118. The van der Waals surface area contributed by atoms with Gasteiger partial charge in [-0.2, -0.15) is 4.31 Å². The molecule has 108 valence electrons. The first-order valence-electron chi connectivity index (χ1n) is 6.41. The second kappa shape index (κ2) is 6.25. The van der Waals surface area contributed by atoms with Crippen LogP contribution in [0.4, 0.5) is 5.69 Å². The Morgan fingerprint density at radius 1 is 1.37 bits per heavy atom. The number of nitrogens with two attached hydrogens (primary N) is 1. The summed E-state index contributed by atoms with van der Waals surface area (Å²) in [6, 6.07) is 3.98. The van der Waals surface area contributed by atoms with Crippen molar-refractivity contribution in [3.8, 4) is 5.75 Å². The number of anilines is 1. The fraction of sp³-hybridized carbons (Fsp3) is 0.538. The Bertz CT molecular complexity index is 529. The predicted molar refractivity (Wildman–Crippen MR) is 76.4 cm³/mol. The quantitative estimate of drug-likeness (QED) is 0.619. The van der Waals surface area contributed by atoms with Gasteiger partial charge in [0.1, 0.15) is 5.75 Å². The number of nitrogen functional groups attached to an aromatic ring is 1. The van der Waals surface area contributed by atoms with Crippen LogP contribution in [0.25, 0.3) is 0 Å². The first-order valence-corrected chi connectivity index (χ1v) is 7.85. The molecular formula is C13H22N2O3S. The molecule has 0 bridgehead atoms. The van der Waals surface area contributed by atoms with Gasteiger partial charge in [-0.3, -0.25) is 0 Å². The van der Waals surface area contributed by atoms with Gasteiger partial charge >= 0.3 is 0 Å². The Morgan fingerprint density at radius 2 is 2.00 bits per heavy atom. The summed E-state index contributed by atoms with van der Waals surface area (Å²) >= 11 is 0. The van der Waals surface area contributed by atoms with Gasteiger partial charge in [0.05, 0.1) is 10.6 Å². The first-order chi connectivity index (χ1) is 8.82. The second-order valence-electron chi connectivity index (χ2n) is 4.69. The Balaban J connectivity index is 3.09. The molecule has 1 aromatic rings. The van der Waals surface area contributed by atoms with Gasteiger partial charge < -0.3 is 10.8 Å². The Hall–Kier alpha value is -1.27. The summed E-state index contributed by atoms with van der Waals surface area (Å²) in [6.07, 6.45) is 0.920. The number of aromatic hydroxyl groups is 1. The molecule has 0 saturated carbocycles. The molecule has 1 atom stereocenters. The minimum absolute atomic E-state index is 0.0701. The van der Waals surface area contributed by atoms with Gasteiger partial charge in [-0.1, -0.05) is 27.2 Å². The van der Waals surface area contributed by atoms with Crippen LogP contribution in [0.2, 0.25) is 0 Å². The molecule has 0 aliphatic rings. The molecule has 3 N–H and O–H groups in total. The van der Waals surface area contributed by atoms with E-state index in [2.05, 4.69) is 0 Å². The van der Waals surface area contributed by atoms with Gasteiger partial charge in [0, 0.05) is 13.1 Å². The number of phenolic OH excluding ortho intramolecular Hbond substituents is 1. The molecule has 1 unspecified atom stereocenters. The predicted octanol–water partition coefficient (Wildman–Crippen LogP) is 2.03. The number of phenols is 1. The highest BCUT2D eigenvalue weighted by atomic mass is 32.2. The normalized spacial score (nSPS) is 13.7. The zero-order valence-electron chi connectivity index (χ0n) is 11.6. The van der Waals surface area contributed by atoms with Crippen LogP contribution in [0.5, 0.6) is 5.75 Å². The van der Waals surface area contributed by atoms with E-state index in [4.69, 9.17) is 5.73 Å². The molecule has 0 aromatic heterocycles. The smallest absolute Gasteiger partial charge is 0.243 e. The summed E-state index contributed by atoms with van der Waals surface area (Å²) in [5, 5.41) is 9.36. The Labute approximate surface area is 115 Å². The van der Waals surface area contributed by atoms with E-state index < -0.39 is 10.0 Å². The molecule has 0 aliphatic carbocycles. The zero-order valence-corrected chi connectivity index (χ0v) is 12.4. The maximum Gasteiger partial charge on any atom is 0.243 e. The van der Waals surface area contributed by atoms with Crippen LogP contribution < -0.4 is 5.73 Å². The lowest BCUT2D eigenvalue weighted by Gasteiger charge is -2.23. The van der Waals surface area contributed by atoms with Crippen molar-refractivity contribution >= 4 is 15.7 Å². The lowest BCUT2D eigenvalue weighted by atomic mass is 10.1. The van der Waals surface area contributed by atoms with E-state index in [1.54, 1.807) is 0 Å². The molecule has 0 fully saturated rings. The highest BCUT2D eigenvalue weighted by Crippen LogP contribution is 2.25. The third kappa shape index (κ3) is 3.61. The van der Waals surface area contributed by atoms with Crippen molar-refractivity contribution < 1.29 is 13.5 Å². The number of benzene rings is 1. The zero-order chi connectivity index (χ0) is 14.6. The van der Waals surface area contributed by atoms with Crippen molar-refractivity contribution in [2.75, 3.05) is 18.8 Å². The van der Waals surface area contributed by atoms with E-state index >= 15 is 0 Å². The molecule has 0 aliphatic heterocycles. The minimum atomic E-state index is -3.55. The molecule has 5 nitrogen and oxygen atoms in total. The second-order valence-corrected chi connectivity index (χ2v) is 6.63. The number of hydrogen-bond acceptors (Lipinski definition) is 4. The number of hydrogen-bond donors (Lipinski definition) is 2. The standard InChI is InChI=1S/C13H22N2O3S/c1-4-10(3)9-15(5-2)19(17,18)11-6-7-13(16)12(14)8-11/h6-8,10,16H,4-5,9,14H2,1-3H3. The van der Waals surface area contributed by atoms with Crippen molar-refractivity contribution in [2.24, 2.45) is 5.92 Å². The summed E-state index contributed by atoms with van der Waals surface area (Å²) in [5.41, 5.74) is 5.62. The van der Waals surface area contributed by atoms with Gasteiger partial charge in [-0.05, 0) is 24.1 Å². The Morgan fingerprint density at radius 3 is 2.47 bits per heavy atom. The third-order valence-electron chi connectivity index (χ3n) is 3.20. The fourth-order valence-electron chi connectivity index (χ4n) is 1.72. The van der Waals surface area contributed by atoms with Crippen LogP contribution >= 0.6 is 0 Å². The monoisotopic (exact) mass is 286 g/mol. The SMILES string of the molecule is CCC(C)CN(CC)S(=O)(=O)c1ccc(O)c(N)c1. The van der Waals surface area contributed by atoms with Crippen LogP contribution in [0.15, 0.2) is 23.1 Å². The molecule has 0 saturated heterocycles. The molecular weight excluding hydrogens is 264 g/mol. The molecule has 6 heteroatoms. The van der Waals surface area contributed by atoms with E-state index in [0.717, 1.165) is 6.42 Å². The first kappa shape index (κ1) is 15.8. The van der Waals surface area contributed by atoms with Crippen molar-refractivity contribution in [1.29, 1.82) is 0 Å². The summed E-state index contributed by atoms with van der Waals surface area (Å²) < 4.78 is 26.4. The van der Waals surface area contributed by atoms with E-state index in [1.807, 2.05) is 20.8 Å². The summed E-state index contributed by atoms with van der Waals surface area (Å²) in [6.45, 7) is 6.75. The van der Waals surface area contributed by atoms with Gasteiger partial charge in [0.15, 0.2) is 0 Å². The van der Waals surface area contributed by atoms with Crippen LogP contribution in [0.1, 0.15) is 27.2 Å². The molecule has 19 heavy (non-hydrogen) atoms. The third-order valence-corrected chi connectivity index (χ3v) is 5.14. The molecule has 0 spiro atoms. The highest BCUT2D eigenvalue weighted by molar-refractivity contribution is 7.89. The summed E-state index contributed by atoms with van der Waals surface area (Å²) in [7, 11) is -3.55. The molecule has 0 heterocycles. The number of nitrogens with zero attached hydrogens (tertiary/aromatic N) is 1. The number of sulfonamides is 1. The van der Waals surface area contributed by atoms with Crippen molar-refractivity contribution in [3.63, 3.8) is 0 Å². The van der Waals surface area contributed by atoms with E-state index in [1.165, 1.54) is 22.5 Å². The van der Waals surface area contributed by atoms with Gasteiger partial charge in [-0.25, -0.2) is 8.42 Å². The van der Waals surface area contributed by atoms with E-state index in [-0.39, 0.29) is 16.3 Å². The van der Waals surface area contributed by atoms with E-state index in [0.29, 0.717) is 19.0 Å². The van der Waals surface area contributed by atoms with E-state index in [9.17, 15) is 13.5 Å². The maximum absolute atomic E-state index is 12.5. The van der Waals surface area contributed by atoms with Crippen molar-refractivity contribution in [2.45, 2.75) is 32.1 Å². The van der Waals surface area contributed by atoms with Crippen molar-refractivity contribution in [3.05, 3.63) is 18.2 Å². The molecule has 1 rings (SSSR count). The summed E-state index contributed by atoms with van der Waals surface area (Å²) in [5.74, 6) is 0.188. The van der Waals surface area contributed by atoms with Crippen LogP contribution in [0, 0.1) is 5.92 Å². The topological polar surface area (TPSA) is 83.6 Å². The lowest BCUT2D eigenvalue weighted by Crippen LogP contribution is -2.34. The molecule has 0 radical (unpaired) electrons. The lowest BCUT2D eigenvalue weighted by molar-refractivity contribution is 0.361.